The first-order valence-electron chi connectivity index (χ1n) is 6.15. The Labute approximate surface area is 89.8 Å². The van der Waals surface area contributed by atoms with E-state index in [0.717, 1.165) is 29.6 Å². The van der Waals surface area contributed by atoms with E-state index in [0.29, 0.717) is 0 Å². The Hall–Kier alpha value is -0.260. The van der Waals surface area contributed by atoms with Crippen molar-refractivity contribution in [1.29, 1.82) is 0 Å². The summed E-state index contributed by atoms with van der Waals surface area (Å²) in [5, 5.41) is 0. The second-order valence-corrected chi connectivity index (χ2v) is 5.77. The van der Waals surface area contributed by atoms with Crippen LogP contribution in [0.15, 0.2) is 11.6 Å². The van der Waals surface area contributed by atoms with Gasteiger partial charge < -0.3 is 0 Å². The first-order valence-corrected chi connectivity index (χ1v) is 6.15. The second-order valence-electron chi connectivity index (χ2n) is 5.77. The third kappa shape index (κ3) is 2.21. The van der Waals surface area contributed by atoms with E-state index in [9.17, 15) is 0 Å². The summed E-state index contributed by atoms with van der Waals surface area (Å²) < 4.78 is 0. The minimum Gasteiger partial charge on any atom is -0.0845 e. The van der Waals surface area contributed by atoms with E-state index in [-0.39, 0.29) is 0 Å². The summed E-state index contributed by atoms with van der Waals surface area (Å²) in [4.78, 5) is 0. The second kappa shape index (κ2) is 4.51. The van der Waals surface area contributed by atoms with Crippen molar-refractivity contribution in [3.8, 4) is 0 Å². The molecule has 1 aliphatic rings. The molecule has 0 heterocycles. The van der Waals surface area contributed by atoms with Gasteiger partial charge in [0, 0.05) is 0 Å². The molecule has 0 aromatic rings. The predicted octanol–water partition coefficient (Wildman–Crippen LogP) is 4.52. The minimum atomic E-state index is 0.742. The van der Waals surface area contributed by atoms with Crippen LogP contribution in [-0.4, -0.2) is 0 Å². The summed E-state index contributed by atoms with van der Waals surface area (Å²) in [7, 11) is 0. The van der Waals surface area contributed by atoms with Crippen LogP contribution in [0.5, 0.6) is 0 Å². The van der Waals surface area contributed by atoms with E-state index in [2.05, 4.69) is 47.6 Å². The Kier molecular flexibility index (Phi) is 3.80. The maximum absolute atomic E-state index is 2.51. The minimum absolute atomic E-state index is 0.742. The number of rotatable bonds is 3. The lowest BCUT2D eigenvalue weighted by Crippen LogP contribution is -2.23. The van der Waals surface area contributed by atoms with Gasteiger partial charge in [0.05, 0.1) is 0 Å². The normalized spacial score (nSPS) is 27.9. The predicted molar refractivity (Wildman–Crippen MR) is 64.2 cm³/mol. The van der Waals surface area contributed by atoms with Gasteiger partial charge in [-0.15, -0.1) is 0 Å². The molecule has 0 nitrogen and oxygen atoms in total. The van der Waals surface area contributed by atoms with E-state index in [1.165, 1.54) is 6.42 Å². The molecular formula is C14H26. The largest absolute Gasteiger partial charge is 0.0845 e. The quantitative estimate of drug-likeness (QED) is 0.580. The van der Waals surface area contributed by atoms with Gasteiger partial charge in [-0.3, -0.25) is 0 Å². The summed E-state index contributed by atoms with van der Waals surface area (Å²) >= 11 is 0. The maximum atomic E-state index is 2.51. The molecule has 82 valence electrons. The van der Waals surface area contributed by atoms with Crippen LogP contribution in [0.25, 0.3) is 0 Å². The van der Waals surface area contributed by atoms with Crippen molar-refractivity contribution < 1.29 is 0 Å². The molecule has 0 aliphatic heterocycles. The number of hydrogen-bond donors (Lipinski definition) is 0. The highest BCUT2D eigenvalue weighted by Gasteiger charge is 2.34. The summed E-state index contributed by atoms with van der Waals surface area (Å²) in [5.41, 5.74) is 1.72. The highest BCUT2D eigenvalue weighted by Crippen LogP contribution is 2.43. The van der Waals surface area contributed by atoms with Gasteiger partial charge in [0.2, 0.25) is 0 Å². The highest BCUT2D eigenvalue weighted by atomic mass is 14.4. The van der Waals surface area contributed by atoms with Crippen LogP contribution in [0.1, 0.15) is 48.0 Å². The standard InChI is InChI=1S/C14H26/c1-9(2)12-7-8-13(10(3)4)14(12)11(5)6/h7,9-11,13-14H,8H2,1-6H3/t13-,14?/m1/s1. The van der Waals surface area contributed by atoms with Crippen molar-refractivity contribution in [2.24, 2.45) is 29.6 Å². The third-order valence-corrected chi connectivity index (χ3v) is 3.71. The van der Waals surface area contributed by atoms with Crippen LogP contribution in [0.2, 0.25) is 0 Å². The molecule has 0 saturated heterocycles. The number of allylic oxidation sites excluding steroid dienone is 2. The summed E-state index contributed by atoms with van der Waals surface area (Å²) in [5.74, 6) is 4.11. The molecule has 0 saturated carbocycles. The monoisotopic (exact) mass is 194 g/mol. The Balaban J connectivity index is 2.81. The van der Waals surface area contributed by atoms with Crippen molar-refractivity contribution in [3.63, 3.8) is 0 Å². The first kappa shape index (κ1) is 11.8. The van der Waals surface area contributed by atoms with Crippen LogP contribution >= 0.6 is 0 Å². The Morgan fingerprint density at radius 3 is 1.93 bits per heavy atom. The van der Waals surface area contributed by atoms with Gasteiger partial charge >= 0.3 is 0 Å². The van der Waals surface area contributed by atoms with Gasteiger partial charge in [-0.2, -0.15) is 0 Å². The van der Waals surface area contributed by atoms with Crippen LogP contribution in [0.4, 0.5) is 0 Å². The van der Waals surface area contributed by atoms with Gasteiger partial charge in [0.25, 0.3) is 0 Å². The fourth-order valence-corrected chi connectivity index (χ4v) is 2.99. The van der Waals surface area contributed by atoms with Gasteiger partial charge in [0.15, 0.2) is 0 Å². The molecule has 0 amide bonds. The topological polar surface area (TPSA) is 0 Å². The number of hydrogen-bond acceptors (Lipinski definition) is 0. The van der Waals surface area contributed by atoms with E-state index in [4.69, 9.17) is 0 Å². The molecule has 14 heavy (non-hydrogen) atoms. The molecule has 1 aliphatic carbocycles. The van der Waals surface area contributed by atoms with Gasteiger partial charge in [0.1, 0.15) is 0 Å². The first-order chi connectivity index (χ1) is 6.45. The van der Waals surface area contributed by atoms with Gasteiger partial charge in [-0.1, -0.05) is 53.2 Å². The zero-order valence-electron chi connectivity index (χ0n) is 10.7. The van der Waals surface area contributed by atoms with Crippen LogP contribution in [0, 0.1) is 29.6 Å². The average Bonchev–Trinajstić information content (AvgIpc) is 2.46. The maximum Gasteiger partial charge on any atom is -0.0144 e. The van der Waals surface area contributed by atoms with E-state index in [1.807, 2.05) is 0 Å². The van der Waals surface area contributed by atoms with Crippen molar-refractivity contribution in [2.75, 3.05) is 0 Å². The molecule has 1 unspecified atom stereocenters. The summed E-state index contributed by atoms with van der Waals surface area (Å²) in [6.07, 6.45) is 3.83. The van der Waals surface area contributed by atoms with E-state index < -0.39 is 0 Å². The average molecular weight is 194 g/mol. The molecule has 0 heteroatoms. The third-order valence-electron chi connectivity index (χ3n) is 3.71. The summed E-state index contributed by atoms with van der Waals surface area (Å²) in [6.45, 7) is 14.2. The molecule has 2 atom stereocenters. The molecular weight excluding hydrogens is 168 g/mol. The Morgan fingerprint density at radius 1 is 1.00 bits per heavy atom. The van der Waals surface area contributed by atoms with E-state index in [1.54, 1.807) is 5.57 Å². The Bertz CT molecular complexity index is 208. The van der Waals surface area contributed by atoms with Crippen molar-refractivity contribution in [3.05, 3.63) is 11.6 Å². The smallest absolute Gasteiger partial charge is 0.0144 e. The van der Waals surface area contributed by atoms with E-state index >= 15 is 0 Å². The molecule has 0 spiro atoms. The lowest BCUT2D eigenvalue weighted by molar-refractivity contribution is 0.243. The lowest BCUT2D eigenvalue weighted by Gasteiger charge is -2.30. The zero-order valence-corrected chi connectivity index (χ0v) is 10.7. The molecule has 0 aromatic heterocycles. The fourth-order valence-electron chi connectivity index (χ4n) is 2.99. The molecule has 0 aromatic carbocycles. The van der Waals surface area contributed by atoms with Crippen molar-refractivity contribution >= 4 is 0 Å². The van der Waals surface area contributed by atoms with Crippen LogP contribution in [0.3, 0.4) is 0 Å². The SMILES string of the molecule is CC(C)C1=CC[C@H](C(C)C)C1C(C)C. The van der Waals surface area contributed by atoms with Gasteiger partial charge in [-0.05, 0) is 36.0 Å². The molecule has 1 rings (SSSR count). The van der Waals surface area contributed by atoms with Crippen molar-refractivity contribution in [1.82, 2.24) is 0 Å². The zero-order chi connectivity index (χ0) is 10.9. The van der Waals surface area contributed by atoms with Crippen molar-refractivity contribution in [2.45, 2.75) is 48.0 Å². The van der Waals surface area contributed by atoms with Gasteiger partial charge in [-0.25, -0.2) is 0 Å². The molecule has 0 N–H and O–H groups in total. The molecule has 0 fully saturated rings. The van der Waals surface area contributed by atoms with Crippen LogP contribution in [-0.2, 0) is 0 Å². The fraction of sp³-hybridized carbons (Fsp3) is 0.857. The highest BCUT2D eigenvalue weighted by molar-refractivity contribution is 5.18. The Morgan fingerprint density at radius 2 is 1.57 bits per heavy atom. The van der Waals surface area contributed by atoms with Crippen LogP contribution < -0.4 is 0 Å². The summed E-state index contributed by atoms with van der Waals surface area (Å²) in [6, 6.07) is 0. The molecule has 0 radical (unpaired) electrons. The lowest BCUT2D eigenvalue weighted by atomic mass is 9.74. The molecule has 0 bridgehead atoms.